The lowest BCUT2D eigenvalue weighted by Crippen LogP contribution is -2.32. The number of amides is 1. The van der Waals surface area contributed by atoms with Crippen LogP contribution in [0.15, 0.2) is 29.2 Å². The van der Waals surface area contributed by atoms with E-state index in [1.165, 1.54) is 49.9 Å². The molecule has 0 radical (unpaired) electrons. The van der Waals surface area contributed by atoms with Gasteiger partial charge in [-0.3, -0.25) is 4.79 Å². The first kappa shape index (κ1) is 16.3. The molecule has 1 aromatic carbocycles. The zero-order valence-corrected chi connectivity index (χ0v) is 13.5. The number of halogens is 1. The molecule has 0 N–H and O–H groups in total. The third-order valence-corrected chi connectivity index (χ3v) is 5.14. The Hall–Kier alpha value is -1.03. The maximum atomic E-state index is 13.5. The van der Waals surface area contributed by atoms with Crippen molar-refractivity contribution in [2.24, 2.45) is 5.92 Å². The van der Waals surface area contributed by atoms with E-state index in [2.05, 4.69) is 0 Å². The van der Waals surface area contributed by atoms with Crippen molar-refractivity contribution < 1.29 is 9.18 Å². The number of carbonyl (C=O) groups excluding carboxylic acids is 1. The molecule has 1 amide bonds. The highest BCUT2D eigenvalue weighted by Gasteiger charge is 2.18. The molecular formula is C17H24FNOS. The molecule has 21 heavy (non-hydrogen) atoms. The lowest BCUT2D eigenvalue weighted by molar-refractivity contribution is -0.130. The number of nitrogens with zero attached hydrogens (tertiary/aromatic N) is 1. The summed E-state index contributed by atoms with van der Waals surface area (Å²) >= 11 is 1.42. The van der Waals surface area contributed by atoms with Gasteiger partial charge in [0, 0.05) is 30.7 Å². The summed E-state index contributed by atoms with van der Waals surface area (Å²) in [6.07, 6.45) is 6.92. The Morgan fingerprint density at radius 2 is 2.00 bits per heavy atom. The summed E-state index contributed by atoms with van der Waals surface area (Å²) in [6, 6.07) is 6.72. The molecule has 2 nitrogen and oxygen atoms in total. The molecule has 2 rings (SSSR count). The van der Waals surface area contributed by atoms with E-state index >= 15 is 0 Å². The summed E-state index contributed by atoms with van der Waals surface area (Å²) in [5, 5.41) is 0. The number of carbonyl (C=O) groups is 1. The van der Waals surface area contributed by atoms with Crippen LogP contribution in [0, 0.1) is 11.7 Å². The van der Waals surface area contributed by atoms with Crippen LogP contribution in [0.1, 0.15) is 38.5 Å². The van der Waals surface area contributed by atoms with Crippen LogP contribution in [0.3, 0.4) is 0 Å². The maximum Gasteiger partial charge on any atom is 0.223 e. The fraction of sp³-hybridized carbons (Fsp3) is 0.588. The van der Waals surface area contributed by atoms with Crippen molar-refractivity contribution in [2.75, 3.05) is 19.3 Å². The number of rotatable bonds is 6. The van der Waals surface area contributed by atoms with Crippen LogP contribution in [0.2, 0.25) is 0 Å². The first-order valence-corrected chi connectivity index (χ1v) is 8.76. The first-order chi connectivity index (χ1) is 10.2. The molecule has 0 saturated heterocycles. The second-order valence-electron chi connectivity index (χ2n) is 5.81. The largest absolute Gasteiger partial charge is 0.345 e. The molecule has 1 aliphatic rings. The van der Waals surface area contributed by atoms with E-state index in [4.69, 9.17) is 0 Å². The smallest absolute Gasteiger partial charge is 0.223 e. The molecule has 116 valence electrons. The minimum atomic E-state index is -0.203. The number of benzene rings is 1. The van der Waals surface area contributed by atoms with Crippen LogP contribution in [-0.4, -0.2) is 30.2 Å². The lowest BCUT2D eigenvalue weighted by Gasteiger charge is -2.27. The van der Waals surface area contributed by atoms with Gasteiger partial charge in [0.1, 0.15) is 5.82 Å². The zero-order chi connectivity index (χ0) is 15.1. The van der Waals surface area contributed by atoms with Gasteiger partial charge in [-0.2, -0.15) is 0 Å². The van der Waals surface area contributed by atoms with E-state index in [1.54, 1.807) is 12.1 Å². The Bertz CT molecular complexity index is 460. The molecule has 1 aromatic rings. The fourth-order valence-electron chi connectivity index (χ4n) is 2.86. The highest BCUT2D eigenvalue weighted by atomic mass is 32.2. The fourth-order valence-corrected chi connectivity index (χ4v) is 3.74. The number of thioether (sulfide) groups is 1. The van der Waals surface area contributed by atoms with Gasteiger partial charge in [0.2, 0.25) is 5.91 Å². The van der Waals surface area contributed by atoms with Gasteiger partial charge in [0.25, 0.3) is 0 Å². The SMILES string of the molecule is CN(CC1CCCCC1)C(=O)CCSc1ccccc1F. The normalized spacial score (nSPS) is 15.9. The molecule has 4 heteroatoms. The van der Waals surface area contributed by atoms with Gasteiger partial charge in [0.15, 0.2) is 0 Å². The van der Waals surface area contributed by atoms with Gasteiger partial charge in [-0.25, -0.2) is 4.39 Å². The topological polar surface area (TPSA) is 20.3 Å². The monoisotopic (exact) mass is 309 g/mol. The second-order valence-corrected chi connectivity index (χ2v) is 6.94. The van der Waals surface area contributed by atoms with Crippen molar-refractivity contribution in [1.29, 1.82) is 0 Å². The van der Waals surface area contributed by atoms with Crippen LogP contribution in [0.4, 0.5) is 4.39 Å². The molecule has 0 unspecified atom stereocenters. The van der Waals surface area contributed by atoms with Crippen molar-refractivity contribution in [3.8, 4) is 0 Å². The summed E-state index contributed by atoms with van der Waals surface area (Å²) in [5.74, 6) is 1.27. The Kier molecular flexibility index (Phi) is 6.55. The van der Waals surface area contributed by atoms with Gasteiger partial charge in [-0.1, -0.05) is 31.4 Å². The van der Waals surface area contributed by atoms with E-state index in [1.807, 2.05) is 18.0 Å². The molecule has 1 fully saturated rings. The van der Waals surface area contributed by atoms with Crippen LogP contribution >= 0.6 is 11.8 Å². The van der Waals surface area contributed by atoms with Gasteiger partial charge < -0.3 is 4.90 Å². The third-order valence-electron chi connectivity index (χ3n) is 4.09. The highest BCUT2D eigenvalue weighted by Crippen LogP contribution is 2.25. The predicted octanol–water partition coefficient (Wildman–Crippen LogP) is 4.35. The minimum Gasteiger partial charge on any atom is -0.345 e. The van der Waals surface area contributed by atoms with Crippen molar-refractivity contribution >= 4 is 17.7 Å². The molecule has 0 atom stereocenters. The van der Waals surface area contributed by atoms with Gasteiger partial charge in [-0.05, 0) is 30.9 Å². The highest BCUT2D eigenvalue weighted by molar-refractivity contribution is 7.99. The second kappa shape index (κ2) is 8.42. The summed E-state index contributed by atoms with van der Waals surface area (Å²) in [7, 11) is 1.89. The molecule has 0 heterocycles. The zero-order valence-electron chi connectivity index (χ0n) is 12.7. The Balaban J connectivity index is 1.70. The van der Waals surface area contributed by atoms with Crippen molar-refractivity contribution in [1.82, 2.24) is 4.90 Å². The van der Waals surface area contributed by atoms with E-state index in [-0.39, 0.29) is 11.7 Å². The van der Waals surface area contributed by atoms with Gasteiger partial charge >= 0.3 is 0 Å². The number of hydrogen-bond donors (Lipinski definition) is 0. The van der Waals surface area contributed by atoms with Crippen molar-refractivity contribution in [3.63, 3.8) is 0 Å². The standard InChI is InChI=1S/C17H24FNOS/c1-19(13-14-7-3-2-4-8-14)17(20)11-12-21-16-10-6-5-9-15(16)18/h5-6,9-10,14H,2-4,7-8,11-13H2,1H3. The minimum absolute atomic E-state index is 0.171. The van der Waals surface area contributed by atoms with Crippen LogP contribution in [0.25, 0.3) is 0 Å². The average Bonchev–Trinajstić information content (AvgIpc) is 2.50. The van der Waals surface area contributed by atoms with E-state index < -0.39 is 0 Å². The molecule has 0 bridgehead atoms. The molecule has 1 aliphatic carbocycles. The lowest BCUT2D eigenvalue weighted by atomic mass is 9.89. The van der Waals surface area contributed by atoms with E-state index in [9.17, 15) is 9.18 Å². The Morgan fingerprint density at radius 1 is 1.29 bits per heavy atom. The third kappa shape index (κ3) is 5.34. The van der Waals surface area contributed by atoms with Gasteiger partial charge in [-0.15, -0.1) is 11.8 Å². The summed E-state index contributed by atoms with van der Waals surface area (Å²) < 4.78 is 13.5. The summed E-state index contributed by atoms with van der Waals surface area (Å²) in [5.41, 5.74) is 0. The van der Waals surface area contributed by atoms with Crippen LogP contribution in [0.5, 0.6) is 0 Å². The van der Waals surface area contributed by atoms with E-state index in [0.29, 0.717) is 23.0 Å². The summed E-state index contributed by atoms with van der Waals surface area (Å²) in [6.45, 7) is 0.878. The Labute approximate surface area is 131 Å². The van der Waals surface area contributed by atoms with E-state index in [0.717, 1.165) is 6.54 Å². The molecule has 1 saturated carbocycles. The molecule has 0 aliphatic heterocycles. The van der Waals surface area contributed by atoms with Crippen LogP contribution < -0.4 is 0 Å². The van der Waals surface area contributed by atoms with Gasteiger partial charge in [0.05, 0.1) is 0 Å². The molecule has 0 aromatic heterocycles. The summed E-state index contributed by atoms with van der Waals surface area (Å²) in [4.78, 5) is 14.6. The molecule has 0 spiro atoms. The predicted molar refractivity (Wildman–Crippen MR) is 86.0 cm³/mol. The van der Waals surface area contributed by atoms with Crippen molar-refractivity contribution in [3.05, 3.63) is 30.1 Å². The van der Waals surface area contributed by atoms with Crippen molar-refractivity contribution in [2.45, 2.75) is 43.4 Å². The first-order valence-electron chi connectivity index (χ1n) is 7.78. The Morgan fingerprint density at radius 3 is 2.71 bits per heavy atom. The quantitative estimate of drug-likeness (QED) is 0.728. The maximum absolute atomic E-state index is 13.5. The molecular weight excluding hydrogens is 285 g/mol. The number of hydrogen-bond acceptors (Lipinski definition) is 2. The average molecular weight is 309 g/mol. The van der Waals surface area contributed by atoms with Crippen LogP contribution in [-0.2, 0) is 4.79 Å².